The molecule has 1 aromatic rings. The molecule has 1 saturated carbocycles. The molecule has 1 N–H and O–H groups in total. The van der Waals surface area contributed by atoms with E-state index in [1.807, 2.05) is 0 Å². The van der Waals surface area contributed by atoms with E-state index < -0.39 is 5.97 Å². The molecule has 1 aliphatic rings. The molecule has 0 bridgehead atoms. The van der Waals surface area contributed by atoms with Gasteiger partial charge in [0.05, 0.1) is 5.92 Å². The van der Waals surface area contributed by atoms with Gasteiger partial charge in [-0.1, -0.05) is 18.2 Å². The van der Waals surface area contributed by atoms with E-state index in [1.165, 1.54) is 16.7 Å². The van der Waals surface area contributed by atoms with Gasteiger partial charge in [-0.25, -0.2) is 0 Å². The van der Waals surface area contributed by atoms with Crippen LogP contribution in [0.25, 0.3) is 0 Å². The van der Waals surface area contributed by atoms with Gasteiger partial charge in [0.2, 0.25) is 0 Å². The van der Waals surface area contributed by atoms with E-state index in [0.29, 0.717) is 5.92 Å². The number of carbonyl (C=O) groups is 1. The highest BCUT2D eigenvalue weighted by molar-refractivity contribution is 5.73. The molecule has 80 valence electrons. The number of hydrogen-bond acceptors (Lipinski definition) is 1. The Morgan fingerprint density at radius 2 is 2.13 bits per heavy atom. The molecule has 1 fully saturated rings. The minimum Gasteiger partial charge on any atom is -0.481 e. The molecule has 0 radical (unpaired) electrons. The lowest BCUT2D eigenvalue weighted by Crippen LogP contribution is -2.01. The summed E-state index contributed by atoms with van der Waals surface area (Å²) >= 11 is 0. The zero-order chi connectivity index (χ0) is 11.0. The maximum absolute atomic E-state index is 10.7. The Labute approximate surface area is 89.9 Å². The van der Waals surface area contributed by atoms with Gasteiger partial charge in [-0.2, -0.15) is 0 Å². The van der Waals surface area contributed by atoms with E-state index in [0.717, 1.165) is 12.8 Å². The molecular weight excluding hydrogens is 188 g/mol. The quantitative estimate of drug-likeness (QED) is 0.821. The molecule has 0 amide bonds. The predicted molar refractivity (Wildman–Crippen MR) is 58.9 cm³/mol. The van der Waals surface area contributed by atoms with E-state index >= 15 is 0 Å². The molecule has 0 spiro atoms. The van der Waals surface area contributed by atoms with Crippen LogP contribution in [0.4, 0.5) is 0 Å². The van der Waals surface area contributed by atoms with Crippen molar-refractivity contribution in [3.63, 3.8) is 0 Å². The Hall–Kier alpha value is -1.31. The minimum absolute atomic E-state index is 0.0911. The normalized spacial score (nSPS) is 23.9. The third-order valence-electron chi connectivity index (χ3n) is 3.31. The molecular formula is C13H16O2. The molecule has 1 aromatic carbocycles. The minimum atomic E-state index is -0.635. The van der Waals surface area contributed by atoms with Crippen LogP contribution in [0.1, 0.15) is 23.1 Å². The number of aryl methyl sites for hydroxylation is 2. The van der Waals surface area contributed by atoms with E-state index in [2.05, 4.69) is 32.0 Å². The fraction of sp³-hybridized carbons (Fsp3) is 0.462. The van der Waals surface area contributed by atoms with Crippen LogP contribution in [-0.2, 0) is 11.2 Å². The summed E-state index contributed by atoms with van der Waals surface area (Å²) in [5.41, 5.74) is 3.86. The van der Waals surface area contributed by atoms with Crippen molar-refractivity contribution in [1.82, 2.24) is 0 Å². The highest BCUT2D eigenvalue weighted by Crippen LogP contribution is 2.41. The summed E-state index contributed by atoms with van der Waals surface area (Å²) in [6.45, 7) is 4.19. The average Bonchev–Trinajstić information content (AvgIpc) is 2.91. The topological polar surface area (TPSA) is 37.3 Å². The number of hydrogen-bond donors (Lipinski definition) is 1. The van der Waals surface area contributed by atoms with Gasteiger partial charge < -0.3 is 5.11 Å². The van der Waals surface area contributed by atoms with E-state index in [-0.39, 0.29) is 5.92 Å². The van der Waals surface area contributed by atoms with Crippen molar-refractivity contribution >= 4 is 5.97 Å². The fourth-order valence-corrected chi connectivity index (χ4v) is 2.01. The molecule has 0 aliphatic heterocycles. The van der Waals surface area contributed by atoms with Crippen molar-refractivity contribution in [2.24, 2.45) is 11.8 Å². The van der Waals surface area contributed by atoms with Gasteiger partial charge in [-0.15, -0.1) is 0 Å². The average molecular weight is 204 g/mol. The molecule has 2 nitrogen and oxygen atoms in total. The van der Waals surface area contributed by atoms with Crippen LogP contribution in [0.15, 0.2) is 18.2 Å². The highest BCUT2D eigenvalue weighted by Gasteiger charge is 2.42. The largest absolute Gasteiger partial charge is 0.481 e. The number of carboxylic acid groups (broad SMARTS) is 1. The van der Waals surface area contributed by atoms with Crippen molar-refractivity contribution in [2.75, 3.05) is 0 Å². The summed E-state index contributed by atoms with van der Waals surface area (Å²) in [5.74, 6) is -0.361. The first-order valence-corrected chi connectivity index (χ1v) is 5.37. The first kappa shape index (κ1) is 10.2. The number of carboxylic acids is 1. The lowest BCUT2D eigenvalue weighted by molar-refractivity contribution is -0.138. The van der Waals surface area contributed by atoms with Crippen LogP contribution in [0.3, 0.4) is 0 Å². The maximum atomic E-state index is 10.7. The van der Waals surface area contributed by atoms with Crippen molar-refractivity contribution in [2.45, 2.75) is 26.7 Å². The second kappa shape index (κ2) is 3.69. The Balaban J connectivity index is 2.01. The molecule has 15 heavy (non-hydrogen) atoms. The third-order valence-corrected chi connectivity index (χ3v) is 3.31. The Morgan fingerprint density at radius 3 is 2.67 bits per heavy atom. The maximum Gasteiger partial charge on any atom is 0.306 e. The second-order valence-electron chi connectivity index (χ2n) is 4.56. The van der Waals surface area contributed by atoms with E-state index in [1.54, 1.807) is 0 Å². The highest BCUT2D eigenvalue weighted by atomic mass is 16.4. The summed E-state index contributed by atoms with van der Waals surface area (Å²) in [4.78, 5) is 10.7. The van der Waals surface area contributed by atoms with Crippen molar-refractivity contribution in [1.29, 1.82) is 0 Å². The second-order valence-corrected chi connectivity index (χ2v) is 4.56. The van der Waals surface area contributed by atoms with Gasteiger partial charge in [0.1, 0.15) is 0 Å². The molecule has 2 rings (SSSR count). The van der Waals surface area contributed by atoms with Gasteiger partial charge in [-0.05, 0) is 49.3 Å². The Bertz CT molecular complexity index is 396. The predicted octanol–water partition coefficient (Wildman–Crippen LogP) is 2.57. The van der Waals surface area contributed by atoms with Crippen molar-refractivity contribution < 1.29 is 9.90 Å². The SMILES string of the molecule is Cc1ccc(CC2CC2C(=O)O)cc1C. The van der Waals surface area contributed by atoms with Crippen LogP contribution >= 0.6 is 0 Å². The lowest BCUT2D eigenvalue weighted by atomic mass is 10.0. The summed E-state index contributed by atoms with van der Waals surface area (Å²) in [5, 5.41) is 8.80. The van der Waals surface area contributed by atoms with Crippen LogP contribution in [0, 0.1) is 25.7 Å². The van der Waals surface area contributed by atoms with E-state index in [4.69, 9.17) is 5.11 Å². The van der Waals surface area contributed by atoms with Crippen LogP contribution in [0.2, 0.25) is 0 Å². The summed E-state index contributed by atoms with van der Waals surface area (Å²) in [6, 6.07) is 6.40. The van der Waals surface area contributed by atoms with Gasteiger partial charge in [0.25, 0.3) is 0 Å². The van der Waals surface area contributed by atoms with Crippen molar-refractivity contribution in [3.8, 4) is 0 Å². The molecule has 0 aromatic heterocycles. The zero-order valence-electron chi connectivity index (χ0n) is 9.16. The number of aliphatic carboxylic acids is 1. The summed E-state index contributed by atoms with van der Waals surface area (Å²) in [7, 11) is 0. The first-order valence-electron chi connectivity index (χ1n) is 5.37. The van der Waals surface area contributed by atoms with Crippen LogP contribution < -0.4 is 0 Å². The smallest absolute Gasteiger partial charge is 0.306 e. The first-order chi connectivity index (χ1) is 7.08. The monoisotopic (exact) mass is 204 g/mol. The Kier molecular flexibility index (Phi) is 2.51. The standard InChI is InChI=1S/C13H16O2/c1-8-3-4-10(5-9(8)2)6-11-7-12(11)13(14)15/h3-5,11-12H,6-7H2,1-2H3,(H,14,15). The van der Waals surface area contributed by atoms with Crippen LogP contribution in [-0.4, -0.2) is 11.1 Å². The van der Waals surface area contributed by atoms with Gasteiger partial charge >= 0.3 is 5.97 Å². The number of benzene rings is 1. The van der Waals surface area contributed by atoms with Crippen molar-refractivity contribution in [3.05, 3.63) is 34.9 Å². The summed E-state index contributed by atoms with van der Waals surface area (Å²) < 4.78 is 0. The lowest BCUT2D eigenvalue weighted by Gasteiger charge is -2.04. The number of rotatable bonds is 3. The van der Waals surface area contributed by atoms with Gasteiger partial charge in [-0.3, -0.25) is 4.79 Å². The van der Waals surface area contributed by atoms with E-state index in [9.17, 15) is 4.79 Å². The molecule has 0 heterocycles. The van der Waals surface area contributed by atoms with Crippen LogP contribution in [0.5, 0.6) is 0 Å². The summed E-state index contributed by atoms with van der Waals surface area (Å²) in [6.07, 6.45) is 1.76. The molecule has 0 saturated heterocycles. The molecule has 2 atom stereocenters. The third kappa shape index (κ3) is 2.20. The molecule has 2 unspecified atom stereocenters. The Morgan fingerprint density at radius 1 is 1.40 bits per heavy atom. The van der Waals surface area contributed by atoms with Gasteiger partial charge in [0.15, 0.2) is 0 Å². The molecule has 1 aliphatic carbocycles. The zero-order valence-corrected chi connectivity index (χ0v) is 9.16. The fourth-order valence-electron chi connectivity index (χ4n) is 2.01. The van der Waals surface area contributed by atoms with Gasteiger partial charge in [0, 0.05) is 0 Å². The molecule has 2 heteroatoms.